The molecule has 0 N–H and O–H groups in total. The Kier molecular flexibility index (Phi) is 13.5. The molecule has 0 rings (SSSR count). The van der Waals surface area contributed by atoms with Crippen LogP contribution in [0, 0.1) is 11.8 Å². The van der Waals surface area contributed by atoms with Gasteiger partial charge in [-0.2, -0.15) is 0 Å². The van der Waals surface area contributed by atoms with E-state index in [1.807, 2.05) is 13.8 Å². The normalized spacial score (nSPS) is 15.1. The van der Waals surface area contributed by atoms with Crippen LogP contribution in [0.3, 0.4) is 0 Å². The van der Waals surface area contributed by atoms with Crippen LogP contribution in [0.4, 0.5) is 0 Å². The average Bonchev–Trinajstić information content (AvgIpc) is 2.25. The average molecular weight is 300 g/mol. The Morgan fingerprint density at radius 1 is 1.05 bits per heavy atom. The molecule has 0 aliphatic rings. The summed E-state index contributed by atoms with van der Waals surface area (Å²) < 4.78 is 33.7. The van der Waals surface area contributed by atoms with Gasteiger partial charge < -0.3 is 4.55 Å². The van der Waals surface area contributed by atoms with Crippen LogP contribution in [0.15, 0.2) is 0 Å². The third-order valence-corrected chi connectivity index (χ3v) is 4.83. The smallest absolute Gasteiger partial charge is 0.748 e. The van der Waals surface area contributed by atoms with Crippen LogP contribution in [0.25, 0.3) is 0 Å². The maximum absolute atomic E-state index is 11.2. The first-order chi connectivity index (χ1) is 8.31. The van der Waals surface area contributed by atoms with Crippen molar-refractivity contribution < 1.29 is 42.5 Å². The number of hydrogen-bond acceptors (Lipinski definition) is 3. The predicted molar refractivity (Wildman–Crippen MR) is 75.5 cm³/mol. The van der Waals surface area contributed by atoms with Crippen molar-refractivity contribution >= 4 is 10.1 Å². The second-order valence-corrected chi connectivity index (χ2v) is 7.39. The maximum Gasteiger partial charge on any atom is 1.00 e. The Bertz CT molecular complexity index is 302. The molecule has 0 aliphatic carbocycles. The fourth-order valence-electron chi connectivity index (χ4n) is 2.37. The van der Waals surface area contributed by atoms with Crippen molar-refractivity contribution in [1.29, 1.82) is 0 Å². The molecule has 110 valence electrons. The predicted octanol–water partition coefficient (Wildman–Crippen LogP) is 0.947. The summed E-state index contributed by atoms with van der Waals surface area (Å²) in [6.07, 6.45) is 6.49. The Morgan fingerprint density at radius 3 is 2.00 bits per heavy atom. The summed E-state index contributed by atoms with van der Waals surface area (Å²) in [6.45, 7) is 8.24. The van der Waals surface area contributed by atoms with Gasteiger partial charge >= 0.3 is 29.6 Å². The zero-order valence-electron chi connectivity index (χ0n) is 13.3. The van der Waals surface area contributed by atoms with Gasteiger partial charge in [0.25, 0.3) is 0 Å². The minimum Gasteiger partial charge on any atom is -0.748 e. The topological polar surface area (TPSA) is 57.2 Å². The first-order valence-corrected chi connectivity index (χ1v) is 8.73. The quantitative estimate of drug-likeness (QED) is 0.446. The molecule has 0 saturated carbocycles. The summed E-state index contributed by atoms with van der Waals surface area (Å²) in [7, 11) is -4.13. The van der Waals surface area contributed by atoms with Crippen LogP contribution in [0.2, 0.25) is 0 Å². The molecule has 0 aromatic rings. The third-order valence-electron chi connectivity index (χ3n) is 3.58. The van der Waals surface area contributed by atoms with Gasteiger partial charge in [-0.3, -0.25) is 0 Å². The van der Waals surface area contributed by atoms with E-state index in [1.54, 1.807) is 0 Å². The zero-order chi connectivity index (χ0) is 14.2. The standard InChI is InChI=1S/C14H30O3S.Na/c1-5-7-8-13(6-2)9-10-14(11-12(3)4)18(15,16)17;/h12-14H,5-11H2,1-4H3,(H,15,16,17);/q;+1/p-1. The van der Waals surface area contributed by atoms with Crippen molar-refractivity contribution in [3.8, 4) is 0 Å². The van der Waals surface area contributed by atoms with Crippen LogP contribution >= 0.6 is 0 Å². The van der Waals surface area contributed by atoms with E-state index >= 15 is 0 Å². The fourth-order valence-corrected chi connectivity index (χ4v) is 3.42. The molecule has 0 heterocycles. The molecule has 5 heteroatoms. The Labute approximate surface area is 142 Å². The fraction of sp³-hybridized carbons (Fsp3) is 1.00. The van der Waals surface area contributed by atoms with Crippen molar-refractivity contribution in [3.63, 3.8) is 0 Å². The SMILES string of the molecule is CCCCC(CC)CCC(CC(C)C)S(=O)(=O)[O-].[Na+]. The molecule has 3 nitrogen and oxygen atoms in total. The molecule has 0 aliphatic heterocycles. The second-order valence-electron chi connectivity index (χ2n) is 5.74. The molecule has 2 unspecified atom stereocenters. The van der Waals surface area contributed by atoms with E-state index in [-0.39, 0.29) is 35.5 Å². The summed E-state index contributed by atoms with van der Waals surface area (Å²) in [5.74, 6) is 0.829. The molecule has 0 aromatic carbocycles. The molecule has 0 spiro atoms. The van der Waals surface area contributed by atoms with E-state index in [9.17, 15) is 13.0 Å². The molecule has 0 amide bonds. The van der Waals surface area contributed by atoms with Gasteiger partial charge in [0.05, 0.1) is 10.1 Å². The molecule has 0 radical (unpaired) electrons. The van der Waals surface area contributed by atoms with Gasteiger partial charge in [-0.05, 0) is 31.1 Å². The molecule has 19 heavy (non-hydrogen) atoms. The van der Waals surface area contributed by atoms with E-state index in [0.29, 0.717) is 18.8 Å². The van der Waals surface area contributed by atoms with Gasteiger partial charge in [0.15, 0.2) is 0 Å². The molecule has 0 aromatic heterocycles. The monoisotopic (exact) mass is 300 g/mol. The van der Waals surface area contributed by atoms with Crippen molar-refractivity contribution in [2.45, 2.75) is 77.9 Å². The van der Waals surface area contributed by atoms with Crippen molar-refractivity contribution in [2.24, 2.45) is 11.8 Å². The summed E-state index contributed by atoms with van der Waals surface area (Å²) in [5.41, 5.74) is 0. The van der Waals surface area contributed by atoms with E-state index in [2.05, 4.69) is 13.8 Å². The molecule has 2 atom stereocenters. The van der Waals surface area contributed by atoms with Crippen molar-refractivity contribution in [2.75, 3.05) is 0 Å². The first-order valence-electron chi connectivity index (χ1n) is 7.25. The number of unbranched alkanes of at least 4 members (excludes halogenated alkanes) is 1. The van der Waals surface area contributed by atoms with Gasteiger partial charge in [-0.15, -0.1) is 0 Å². The van der Waals surface area contributed by atoms with Gasteiger partial charge in [0, 0.05) is 5.25 Å². The minimum absolute atomic E-state index is 0. The van der Waals surface area contributed by atoms with E-state index in [1.165, 1.54) is 12.8 Å². The zero-order valence-corrected chi connectivity index (χ0v) is 16.1. The molecule has 0 saturated heterocycles. The van der Waals surface area contributed by atoms with E-state index in [0.717, 1.165) is 19.3 Å². The Balaban J connectivity index is 0. The second kappa shape index (κ2) is 11.6. The van der Waals surface area contributed by atoms with Crippen LogP contribution < -0.4 is 29.6 Å². The van der Waals surface area contributed by atoms with E-state index in [4.69, 9.17) is 0 Å². The summed E-state index contributed by atoms with van der Waals surface area (Å²) in [6, 6.07) is 0. The number of rotatable bonds is 10. The molecular formula is C14H29NaO3S. The largest absolute Gasteiger partial charge is 1.00 e. The van der Waals surface area contributed by atoms with Gasteiger partial charge in [-0.25, -0.2) is 8.42 Å². The van der Waals surface area contributed by atoms with Gasteiger partial charge in [0.2, 0.25) is 0 Å². The number of hydrogen-bond donors (Lipinski definition) is 0. The van der Waals surface area contributed by atoms with Crippen molar-refractivity contribution in [1.82, 2.24) is 0 Å². The van der Waals surface area contributed by atoms with E-state index < -0.39 is 15.4 Å². The summed E-state index contributed by atoms with van der Waals surface area (Å²) in [4.78, 5) is 0. The Hall–Kier alpha value is 0.910. The van der Waals surface area contributed by atoms with Gasteiger partial charge in [0.1, 0.15) is 0 Å². The summed E-state index contributed by atoms with van der Waals surface area (Å²) in [5, 5.41) is -0.687. The van der Waals surface area contributed by atoms with Crippen LogP contribution in [0.5, 0.6) is 0 Å². The molecule has 0 bridgehead atoms. The van der Waals surface area contributed by atoms with Crippen LogP contribution in [0.1, 0.15) is 72.6 Å². The molecular weight excluding hydrogens is 271 g/mol. The Morgan fingerprint density at radius 2 is 1.63 bits per heavy atom. The minimum atomic E-state index is -4.13. The third kappa shape index (κ3) is 11.3. The van der Waals surface area contributed by atoms with Crippen LogP contribution in [-0.2, 0) is 10.1 Å². The molecule has 0 fully saturated rings. The van der Waals surface area contributed by atoms with Crippen LogP contribution in [-0.4, -0.2) is 18.2 Å². The maximum atomic E-state index is 11.2. The summed E-state index contributed by atoms with van der Waals surface area (Å²) >= 11 is 0. The van der Waals surface area contributed by atoms with Crippen molar-refractivity contribution in [3.05, 3.63) is 0 Å². The first kappa shape index (κ1) is 22.2. The van der Waals surface area contributed by atoms with Gasteiger partial charge in [-0.1, -0.05) is 53.4 Å².